The molecule has 2 aromatic rings. The fraction of sp³-hybridized carbons (Fsp3) is 0.538. The number of rotatable bonds is 7. The maximum absolute atomic E-state index is 11.8. The summed E-state index contributed by atoms with van der Waals surface area (Å²) in [5.41, 5.74) is 0.782. The van der Waals surface area contributed by atoms with E-state index in [4.69, 9.17) is 0 Å². The van der Waals surface area contributed by atoms with Crippen LogP contribution in [0.25, 0.3) is 0 Å². The number of aliphatic hydroxyl groups is 2. The van der Waals surface area contributed by atoms with Gasteiger partial charge in [-0.15, -0.1) is 0 Å². The third-order valence-corrected chi connectivity index (χ3v) is 7.07. The van der Waals surface area contributed by atoms with Gasteiger partial charge in [0, 0.05) is 19.0 Å². The Balaban J connectivity index is 1.46. The molecule has 0 spiro atoms. The fourth-order valence-corrected chi connectivity index (χ4v) is 5.27. The molecule has 3 unspecified atom stereocenters. The molecule has 0 aromatic heterocycles. The van der Waals surface area contributed by atoms with E-state index >= 15 is 0 Å². The molecular weight excluding hydrogens is 372 g/mol. The Kier molecular flexibility index (Phi) is 7.21. The molecule has 0 radical (unpaired) electrons. The summed E-state index contributed by atoms with van der Waals surface area (Å²) >= 11 is 0. The summed E-state index contributed by atoms with van der Waals surface area (Å²) in [6.45, 7) is 6.24. The standard InChI is InChI=1S/C26H36N2O2/c29-25(22-11-4-1-5-12-22)24-21-28(19-10-18-27-16-8-3-9-17-27)20-15-26(24,30)23-13-6-2-7-14-23/h1-2,4-7,11-14,24-25,29-30H,3,8-10,15-21H2. The molecule has 2 aliphatic rings. The van der Waals surface area contributed by atoms with Crippen molar-refractivity contribution in [2.24, 2.45) is 5.92 Å². The van der Waals surface area contributed by atoms with Gasteiger partial charge in [0.2, 0.25) is 0 Å². The minimum atomic E-state index is -1.01. The van der Waals surface area contributed by atoms with Gasteiger partial charge in [0.05, 0.1) is 11.7 Å². The summed E-state index contributed by atoms with van der Waals surface area (Å²) in [5, 5.41) is 23.1. The first-order valence-electron chi connectivity index (χ1n) is 11.6. The van der Waals surface area contributed by atoms with Crippen LogP contribution in [0.15, 0.2) is 60.7 Å². The van der Waals surface area contributed by atoms with Crippen molar-refractivity contribution in [1.29, 1.82) is 0 Å². The largest absolute Gasteiger partial charge is 0.388 e. The van der Waals surface area contributed by atoms with Crippen molar-refractivity contribution in [2.45, 2.75) is 43.8 Å². The first-order valence-corrected chi connectivity index (χ1v) is 11.6. The second kappa shape index (κ2) is 10.1. The second-order valence-electron chi connectivity index (χ2n) is 9.06. The number of hydrogen-bond acceptors (Lipinski definition) is 4. The van der Waals surface area contributed by atoms with E-state index in [9.17, 15) is 10.2 Å². The first-order chi connectivity index (χ1) is 14.7. The van der Waals surface area contributed by atoms with Gasteiger partial charge < -0.3 is 20.0 Å². The van der Waals surface area contributed by atoms with E-state index in [1.807, 2.05) is 60.7 Å². The molecule has 30 heavy (non-hydrogen) atoms. The van der Waals surface area contributed by atoms with Crippen molar-refractivity contribution in [3.63, 3.8) is 0 Å². The van der Waals surface area contributed by atoms with Crippen molar-refractivity contribution < 1.29 is 10.2 Å². The molecule has 162 valence electrons. The molecule has 2 N–H and O–H groups in total. The summed E-state index contributed by atoms with van der Waals surface area (Å²) in [6.07, 6.45) is 5.15. The molecule has 2 aromatic carbocycles. The van der Waals surface area contributed by atoms with Crippen LogP contribution in [0, 0.1) is 5.92 Å². The van der Waals surface area contributed by atoms with Gasteiger partial charge in [-0.2, -0.15) is 0 Å². The summed E-state index contributed by atoms with van der Waals surface area (Å²) in [7, 11) is 0. The average molecular weight is 409 g/mol. The highest BCUT2D eigenvalue weighted by atomic mass is 16.3. The van der Waals surface area contributed by atoms with Crippen LogP contribution in [-0.4, -0.2) is 59.3 Å². The van der Waals surface area contributed by atoms with Crippen molar-refractivity contribution in [2.75, 3.05) is 39.3 Å². The van der Waals surface area contributed by atoms with Crippen molar-refractivity contribution in [3.8, 4) is 0 Å². The van der Waals surface area contributed by atoms with Crippen molar-refractivity contribution in [3.05, 3.63) is 71.8 Å². The monoisotopic (exact) mass is 408 g/mol. The molecule has 3 atom stereocenters. The maximum Gasteiger partial charge on any atom is 0.0977 e. The lowest BCUT2D eigenvalue weighted by atomic mass is 9.72. The zero-order valence-electron chi connectivity index (χ0n) is 18.0. The van der Waals surface area contributed by atoms with Gasteiger partial charge in [0.15, 0.2) is 0 Å². The normalized spacial score (nSPS) is 27.1. The van der Waals surface area contributed by atoms with Gasteiger partial charge in [0.25, 0.3) is 0 Å². The van der Waals surface area contributed by atoms with Crippen LogP contribution in [0.2, 0.25) is 0 Å². The molecule has 4 nitrogen and oxygen atoms in total. The zero-order valence-corrected chi connectivity index (χ0v) is 18.0. The van der Waals surface area contributed by atoms with E-state index in [-0.39, 0.29) is 5.92 Å². The van der Waals surface area contributed by atoms with E-state index in [0.717, 1.165) is 37.2 Å². The highest BCUT2D eigenvalue weighted by Crippen LogP contribution is 2.43. The topological polar surface area (TPSA) is 46.9 Å². The van der Waals surface area contributed by atoms with E-state index < -0.39 is 11.7 Å². The Morgan fingerprint density at radius 3 is 2.17 bits per heavy atom. The van der Waals surface area contributed by atoms with Crippen LogP contribution in [0.5, 0.6) is 0 Å². The Morgan fingerprint density at radius 1 is 0.833 bits per heavy atom. The predicted molar refractivity (Wildman–Crippen MR) is 121 cm³/mol. The number of hydrogen-bond donors (Lipinski definition) is 2. The van der Waals surface area contributed by atoms with E-state index in [2.05, 4.69) is 9.80 Å². The molecule has 2 heterocycles. The van der Waals surface area contributed by atoms with E-state index in [1.165, 1.54) is 32.4 Å². The van der Waals surface area contributed by atoms with Crippen molar-refractivity contribution in [1.82, 2.24) is 9.80 Å². The number of aliphatic hydroxyl groups excluding tert-OH is 1. The van der Waals surface area contributed by atoms with Crippen LogP contribution in [0.3, 0.4) is 0 Å². The lowest BCUT2D eigenvalue weighted by molar-refractivity contribution is -0.122. The predicted octanol–water partition coefficient (Wildman–Crippen LogP) is 3.81. The molecule has 2 saturated heterocycles. The summed E-state index contributed by atoms with van der Waals surface area (Å²) in [5.74, 6) is -0.258. The molecule has 2 aliphatic heterocycles. The van der Waals surface area contributed by atoms with Gasteiger partial charge in [0.1, 0.15) is 0 Å². The highest BCUT2D eigenvalue weighted by Gasteiger charge is 2.46. The summed E-state index contributed by atoms with van der Waals surface area (Å²) in [6, 6.07) is 19.7. The Hall–Kier alpha value is -1.72. The first kappa shape index (κ1) is 21.5. The zero-order chi connectivity index (χ0) is 20.8. The quantitative estimate of drug-likeness (QED) is 0.731. The van der Waals surface area contributed by atoms with Crippen LogP contribution in [0.1, 0.15) is 49.3 Å². The van der Waals surface area contributed by atoms with Gasteiger partial charge in [-0.25, -0.2) is 0 Å². The average Bonchev–Trinajstić information content (AvgIpc) is 2.81. The van der Waals surface area contributed by atoms with E-state index in [0.29, 0.717) is 13.0 Å². The van der Waals surface area contributed by atoms with Crippen molar-refractivity contribution >= 4 is 0 Å². The highest BCUT2D eigenvalue weighted by molar-refractivity contribution is 5.27. The summed E-state index contributed by atoms with van der Waals surface area (Å²) < 4.78 is 0. The maximum atomic E-state index is 11.8. The Labute approximate surface area is 181 Å². The molecule has 0 saturated carbocycles. The van der Waals surface area contributed by atoms with Crippen LogP contribution < -0.4 is 0 Å². The van der Waals surface area contributed by atoms with Gasteiger partial charge in [-0.1, -0.05) is 67.1 Å². The molecule has 0 aliphatic carbocycles. The minimum Gasteiger partial charge on any atom is -0.388 e. The van der Waals surface area contributed by atoms with Gasteiger partial charge >= 0.3 is 0 Å². The number of nitrogens with zero attached hydrogens (tertiary/aromatic N) is 2. The second-order valence-corrected chi connectivity index (χ2v) is 9.06. The third-order valence-electron chi connectivity index (χ3n) is 7.07. The van der Waals surface area contributed by atoms with E-state index in [1.54, 1.807) is 0 Å². The van der Waals surface area contributed by atoms with Crippen LogP contribution >= 0.6 is 0 Å². The number of likely N-dealkylation sites (tertiary alicyclic amines) is 2. The molecule has 4 heteroatoms. The smallest absolute Gasteiger partial charge is 0.0977 e. The van der Waals surface area contributed by atoms with Crippen LogP contribution in [0.4, 0.5) is 0 Å². The molecular formula is C26H36N2O2. The van der Waals surface area contributed by atoms with Gasteiger partial charge in [-0.3, -0.25) is 0 Å². The molecule has 2 fully saturated rings. The fourth-order valence-electron chi connectivity index (χ4n) is 5.27. The van der Waals surface area contributed by atoms with Crippen LogP contribution in [-0.2, 0) is 5.60 Å². The number of benzene rings is 2. The number of piperidine rings is 2. The Morgan fingerprint density at radius 2 is 1.47 bits per heavy atom. The molecule has 4 rings (SSSR count). The lowest BCUT2D eigenvalue weighted by Gasteiger charge is -2.47. The lowest BCUT2D eigenvalue weighted by Crippen LogP contribution is -2.52. The molecule has 0 amide bonds. The third kappa shape index (κ3) is 4.94. The minimum absolute atomic E-state index is 0.258. The Bertz CT molecular complexity index is 763. The summed E-state index contributed by atoms with van der Waals surface area (Å²) in [4.78, 5) is 5.03. The SMILES string of the molecule is OC(c1ccccc1)C1CN(CCCN2CCCCC2)CCC1(O)c1ccccc1. The van der Waals surface area contributed by atoms with Gasteiger partial charge in [-0.05, 0) is 63.0 Å². The molecule has 0 bridgehead atoms.